The summed E-state index contributed by atoms with van der Waals surface area (Å²) < 4.78 is 53.5. The standard InChI is InChI=1S/C18H17NO4S3/c20-25(21,15-8-3-1-4-9-15)18(17-12-7-13-24-17)14-19-26(22,23)16-10-5-2-6-11-16/h1-13,18-19H,14H2/t18-/m1/s1. The van der Waals surface area contributed by atoms with Gasteiger partial charge in [0.25, 0.3) is 0 Å². The summed E-state index contributed by atoms with van der Waals surface area (Å²) in [7, 11) is -7.54. The van der Waals surface area contributed by atoms with E-state index in [1.807, 2.05) is 0 Å². The molecule has 0 radical (unpaired) electrons. The van der Waals surface area contributed by atoms with E-state index in [2.05, 4.69) is 4.72 Å². The third kappa shape index (κ3) is 4.04. The van der Waals surface area contributed by atoms with Crippen LogP contribution in [0.1, 0.15) is 10.1 Å². The Balaban J connectivity index is 1.92. The van der Waals surface area contributed by atoms with E-state index in [1.54, 1.807) is 53.9 Å². The van der Waals surface area contributed by atoms with Crippen LogP contribution in [0.15, 0.2) is 88.0 Å². The van der Waals surface area contributed by atoms with E-state index in [0.717, 1.165) is 0 Å². The lowest BCUT2D eigenvalue weighted by Gasteiger charge is -2.17. The Bertz CT molecular complexity index is 1050. The first-order chi connectivity index (χ1) is 12.4. The summed E-state index contributed by atoms with van der Waals surface area (Å²) in [6, 6.07) is 19.4. The van der Waals surface area contributed by atoms with Gasteiger partial charge in [-0.3, -0.25) is 0 Å². The van der Waals surface area contributed by atoms with Gasteiger partial charge in [0.1, 0.15) is 5.25 Å². The average molecular weight is 408 g/mol. The lowest BCUT2D eigenvalue weighted by Crippen LogP contribution is -2.31. The fourth-order valence-corrected chi connectivity index (χ4v) is 6.46. The monoisotopic (exact) mass is 407 g/mol. The predicted octanol–water partition coefficient (Wildman–Crippen LogP) is 3.24. The summed E-state index contributed by atoms with van der Waals surface area (Å²) >= 11 is 1.28. The summed E-state index contributed by atoms with van der Waals surface area (Å²) in [6.45, 7) is -0.241. The van der Waals surface area contributed by atoms with Crippen LogP contribution in [-0.4, -0.2) is 23.4 Å². The van der Waals surface area contributed by atoms with Gasteiger partial charge in [-0.05, 0) is 35.7 Å². The van der Waals surface area contributed by atoms with Crippen LogP contribution in [0.4, 0.5) is 0 Å². The van der Waals surface area contributed by atoms with E-state index in [1.165, 1.54) is 35.6 Å². The SMILES string of the molecule is O=S(=O)(NC[C@H](c1cccs1)S(=O)(=O)c1ccccc1)c1ccccc1. The molecule has 0 amide bonds. The molecule has 0 saturated carbocycles. The van der Waals surface area contributed by atoms with Crippen molar-refractivity contribution in [3.05, 3.63) is 83.1 Å². The average Bonchev–Trinajstić information content (AvgIpc) is 3.17. The van der Waals surface area contributed by atoms with Gasteiger partial charge in [-0.15, -0.1) is 11.3 Å². The minimum Gasteiger partial charge on any atom is -0.223 e. The van der Waals surface area contributed by atoms with Gasteiger partial charge in [-0.1, -0.05) is 42.5 Å². The molecule has 0 aliphatic heterocycles. The molecule has 0 aliphatic carbocycles. The Labute approximate surface area is 157 Å². The topological polar surface area (TPSA) is 80.3 Å². The maximum absolute atomic E-state index is 13.1. The molecule has 136 valence electrons. The number of hydrogen-bond donors (Lipinski definition) is 1. The maximum atomic E-state index is 13.1. The van der Waals surface area contributed by atoms with E-state index >= 15 is 0 Å². The third-order valence-corrected chi connectivity index (χ3v) is 8.49. The summed E-state index contributed by atoms with van der Waals surface area (Å²) in [5.41, 5.74) is 0. The van der Waals surface area contributed by atoms with Crippen molar-refractivity contribution in [2.75, 3.05) is 6.54 Å². The second-order valence-electron chi connectivity index (χ2n) is 5.53. The van der Waals surface area contributed by atoms with Crippen molar-refractivity contribution in [1.29, 1.82) is 0 Å². The first-order valence-electron chi connectivity index (χ1n) is 7.78. The molecule has 0 spiro atoms. The minimum absolute atomic E-state index is 0.0991. The highest BCUT2D eigenvalue weighted by Crippen LogP contribution is 2.31. The van der Waals surface area contributed by atoms with Crippen molar-refractivity contribution >= 4 is 31.2 Å². The molecule has 0 bridgehead atoms. The Morgan fingerprint density at radius 3 is 1.88 bits per heavy atom. The highest BCUT2D eigenvalue weighted by molar-refractivity contribution is 7.92. The van der Waals surface area contributed by atoms with Crippen molar-refractivity contribution < 1.29 is 16.8 Å². The third-order valence-electron chi connectivity index (χ3n) is 3.82. The first-order valence-corrected chi connectivity index (χ1v) is 11.7. The Kier molecular flexibility index (Phi) is 5.57. The molecule has 0 fully saturated rings. The predicted molar refractivity (Wildman–Crippen MR) is 102 cm³/mol. The van der Waals surface area contributed by atoms with Crippen molar-refractivity contribution in [2.45, 2.75) is 15.0 Å². The summed E-state index contributed by atoms with van der Waals surface area (Å²) in [5, 5.41) is 0.775. The normalized spacial score (nSPS) is 13.4. The van der Waals surface area contributed by atoms with Crippen LogP contribution in [0.2, 0.25) is 0 Å². The fraction of sp³-hybridized carbons (Fsp3) is 0.111. The molecule has 5 nitrogen and oxygen atoms in total. The van der Waals surface area contributed by atoms with E-state index in [0.29, 0.717) is 4.88 Å². The molecule has 1 aromatic heterocycles. The number of thiophene rings is 1. The Morgan fingerprint density at radius 2 is 1.35 bits per heavy atom. The number of hydrogen-bond acceptors (Lipinski definition) is 5. The van der Waals surface area contributed by atoms with Gasteiger partial charge < -0.3 is 0 Å². The quantitative estimate of drug-likeness (QED) is 0.652. The summed E-state index contributed by atoms with van der Waals surface area (Å²) in [6.07, 6.45) is 0. The molecule has 0 saturated heterocycles. The zero-order chi connectivity index (χ0) is 18.6. The van der Waals surface area contributed by atoms with Crippen molar-refractivity contribution in [1.82, 2.24) is 4.72 Å². The smallest absolute Gasteiger partial charge is 0.223 e. The van der Waals surface area contributed by atoms with E-state index in [4.69, 9.17) is 0 Å². The van der Waals surface area contributed by atoms with Crippen LogP contribution >= 0.6 is 11.3 Å². The molecular weight excluding hydrogens is 390 g/mol. The highest BCUT2D eigenvalue weighted by Gasteiger charge is 2.31. The van der Waals surface area contributed by atoms with E-state index in [-0.39, 0.29) is 16.3 Å². The van der Waals surface area contributed by atoms with Crippen LogP contribution in [0.25, 0.3) is 0 Å². The number of nitrogens with one attached hydrogen (secondary N) is 1. The van der Waals surface area contributed by atoms with E-state index < -0.39 is 25.1 Å². The second-order valence-corrected chi connectivity index (χ2v) is 10.4. The molecule has 1 N–H and O–H groups in total. The lowest BCUT2D eigenvalue weighted by molar-refractivity contribution is 0.569. The molecule has 1 heterocycles. The van der Waals surface area contributed by atoms with Gasteiger partial charge in [-0.2, -0.15) is 0 Å². The molecule has 0 unspecified atom stereocenters. The van der Waals surface area contributed by atoms with Crippen LogP contribution in [-0.2, 0) is 19.9 Å². The largest absolute Gasteiger partial charge is 0.240 e. The van der Waals surface area contributed by atoms with Crippen LogP contribution in [0.3, 0.4) is 0 Å². The number of benzene rings is 2. The summed E-state index contributed by atoms with van der Waals surface area (Å²) in [4.78, 5) is 0.851. The van der Waals surface area contributed by atoms with Crippen molar-refractivity contribution in [2.24, 2.45) is 0 Å². The zero-order valence-corrected chi connectivity index (χ0v) is 16.1. The fourth-order valence-electron chi connectivity index (χ4n) is 2.48. The molecule has 26 heavy (non-hydrogen) atoms. The minimum atomic E-state index is -3.80. The molecule has 8 heteroatoms. The van der Waals surface area contributed by atoms with E-state index in [9.17, 15) is 16.8 Å². The summed E-state index contributed by atoms with van der Waals surface area (Å²) in [5.74, 6) is 0. The lowest BCUT2D eigenvalue weighted by atomic mass is 10.3. The number of rotatable bonds is 7. The molecule has 3 rings (SSSR count). The Morgan fingerprint density at radius 1 is 0.769 bits per heavy atom. The van der Waals surface area contributed by atoms with Crippen molar-refractivity contribution in [3.63, 3.8) is 0 Å². The van der Waals surface area contributed by atoms with Crippen LogP contribution in [0.5, 0.6) is 0 Å². The van der Waals surface area contributed by atoms with Crippen LogP contribution < -0.4 is 4.72 Å². The molecule has 2 aromatic carbocycles. The van der Waals surface area contributed by atoms with Gasteiger partial charge in [0.05, 0.1) is 9.79 Å². The second kappa shape index (κ2) is 7.71. The zero-order valence-electron chi connectivity index (χ0n) is 13.6. The number of sulfone groups is 1. The first kappa shape index (κ1) is 18.8. The van der Waals surface area contributed by atoms with Gasteiger partial charge in [0, 0.05) is 11.4 Å². The molecule has 3 aromatic rings. The number of sulfonamides is 1. The van der Waals surface area contributed by atoms with Crippen molar-refractivity contribution in [3.8, 4) is 0 Å². The maximum Gasteiger partial charge on any atom is 0.240 e. The van der Waals surface area contributed by atoms with Gasteiger partial charge >= 0.3 is 0 Å². The highest BCUT2D eigenvalue weighted by atomic mass is 32.2. The van der Waals surface area contributed by atoms with Gasteiger partial charge in [0.15, 0.2) is 9.84 Å². The molecular formula is C18H17NO4S3. The Hall–Kier alpha value is -2.00. The molecule has 1 atom stereocenters. The van der Waals surface area contributed by atoms with Crippen LogP contribution in [0, 0.1) is 0 Å². The van der Waals surface area contributed by atoms with Gasteiger partial charge in [-0.25, -0.2) is 21.6 Å². The van der Waals surface area contributed by atoms with Gasteiger partial charge in [0.2, 0.25) is 10.0 Å². The molecule has 0 aliphatic rings.